The number of pyridine rings is 2. The summed E-state index contributed by atoms with van der Waals surface area (Å²) in [6.07, 6.45) is 7.30. The van der Waals surface area contributed by atoms with Crippen molar-refractivity contribution in [2.75, 3.05) is 0 Å². The van der Waals surface area contributed by atoms with Crippen molar-refractivity contribution in [3.63, 3.8) is 0 Å². The molecule has 2 aromatic rings. The number of ketones is 1. The first-order chi connectivity index (χ1) is 8.25. The molecule has 0 bridgehead atoms. The van der Waals surface area contributed by atoms with Crippen LogP contribution in [0.3, 0.4) is 0 Å². The summed E-state index contributed by atoms with van der Waals surface area (Å²) in [5, 5.41) is 0.538. The highest BCUT2D eigenvalue weighted by Crippen LogP contribution is 2.14. The molecule has 17 heavy (non-hydrogen) atoms. The lowest BCUT2D eigenvalue weighted by Crippen LogP contribution is -2.07. The minimum atomic E-state index is 0.129. The van der Waals surface area contributed by atoms with Gasteiger partial charge in [0.15, 0.2) is 0 Å². The van der Waals surface area contributed by atoms with Gasteiger partial charge in [0.05, 0.1) is 5.02 Å². The van der Waals surface area contributed by atoms with E-state index in [1.54, 1.807) is 30.9 Å². The lowest BCUT2D eigenvalue weighted by Gasteiger charge is -2.03. The second-order valence-electron chi connectivity index (χ2n) is 3.71. The van der Waals surface area contributed by atoms with Crippen LogP contribution in [0.4, 0.5) is 0 Å². The molecule has 4 heteroatoms. The molecule has 3 nitrogen and oxygen atoms in total. The first-order valence-electron chi connectivity index (χ1n) is 5.24. The smallest absolute Gasteiger partial charge is 0.141 e. The number of aromatic nitrogens is 2. The second-order valence-corrected chi connectivity index (χ2v) is 4.12. The zero-order valence-corrected chi connectivity index (χ0v) is 9.89. The van der Waals surface area contributed by atoms with Crippen LogP contribution < -0.4 is 0 Å². The Balaban J connectivity index is 2.01. The van der Waals surface area contributed by atoms with E-state index < -0.39 is 0 Å². The van der Waals surface area contributed by atoms with Crippen molar-refractivity contribution in [3.8, 4) is 0 Å². The molecule has 0 fully saturated rings. The Bertz CT molecular complexity index is 514. The Hall–Kier alpha value is -1.74. The van der Waals surface area contributed by atoms with Crippen molar-refractivity contribution in [3.05, 3.63) is 59.1 Å². The van der Waals surface area contributed by atoms with E-state index >= 15 is 0 Å². The molecule has 0 unspecified atom stereocenters. The fourth-order valence-corrected chi connectivity index (χ4v) is 1.74. The highest BCUT2D eigenvalue weighted by Gasteiger charge is 2.07. The van der Waals surface area contributed by atoms with Gasteiger partial charge in [0.25, 0.3) is 0 Å². The lowest BCUT2D eigenvalue weighted by molar-refractivity contribution is -0.117. The van der Waals surface area contributed by atoms with E-state index in [-0.39, 0.29) is 5.78 Å². The molecule has 2 aromatic heterocycles. The molecule has 0 saturated carbocycles. The molecule has 0 spiro atoms. The molecule has 0 aliphatic rings. The normalized spacial score (nSPS) is 10.2. The summed E-state index contributed by atoms with van der Waals surface area (Å²) in [5.74, 6) is 0.129. The maximum Gasteiger partial charge on any atom is 0.141 e. The zero-order chi connectivity index (χ0) is 12.1. The van der Waals surface area contributed by atoms with Crippen LogP contribution in [-0.4, -0.2) is 15.8 Å². The highest BCUT2D eigenvalue weighted by atomic mass is 35.5. The fraction of sp³-hybridized carbons (Fsp3) is 0.154. The van der Waals surface area contributed by atoms with Gasteiger partial charge in [-0.05, 0) is 29.3 Å². The number of nitrogens with zero attached hydrogens (tertiary/aromatic N) is 2. The van der Waals surface area contributed by atoms with Gasteiger partial charge in [0, 0.05) is 37.6 Å². The molecule has 86 valence electrons. The SMILES string of the molecule is O=C(Cc1ccncc1)Cc1ccncc1Cl. The Labute approximate surface area is 104 Å². The van der Waals surface area contributed by atoms with E-state index in [1.807, 2.05) is 12.1 Å². The quantitative estimate of drug-likeness (QED) is 0.832. The van der Waals surface area contributed by atoms with E-state index in [0.29, 0.717) is 17.9 Å². The van der Waals surface area contributed by atoms with E-state index in [1.165, 1.54) is 0 Å². The molecule has 2 rings (SSSR count). The summed E-state index contributed by atoms with van der Waals surface area (Å²) in [5.41, 5.74) is 1.79. The summed E-state index contributed by atoms with van der Waals surface area (Å²) in [6, 6.07) is 5.45. The van der Waals surface area contributed by atoms with Gasteiger partial charge in [-0.15, -0.1) is 0 Å². The van der Waals surface area contributed by atoms with Crippen molar-refractivity contribution in [2.24, 2.45) is 0 Å². The van der Waals surface area contributed by atoms with Gasteiger partial charge in [-0.2, -0.15) is 0 Å². The van der Waals surface area contributed by atoms with E-state index in [2.05, 4.69) is 9.97 Å². The fourth-order valence-electron chi connectivity index (χ4n) is 1.55. The van der Waals surface area contributed by atoms with Crippen LogP contribution in [0.25, 0.3) is 0 Å². The van der Waals surface area contributed by atoms with Gasteiger partial charge in [0.1, 0.15) is 5.78 Å². The average Bonchev–Trinajstić information content (AvgIpc) is 2.33. The minimum Gasteiger partial charge on any atom is -0.299 e. The van der Waals surface area contributed by atoms with E-state index in [0.717, 1.165) is 11.1 Å². The standard InChI is InChI=1S/C13H11ClN2O/c14-13-9-16-6-3-11(13)8-12(17)7-10-1-4-15-5-2-10/h1-6,9H,7-8H2. The van der Waals surface area contributed by atoms with Crippen molar-refractivity contribution in [2.45, 2.75) is 12.8 Å². The number of hydrogen-bond acceptors (Lipinski definition) is 3. The topological polar surface area (TPSA) is 42.9 Å². The molecule has 2 heterocycles. The molecule has 0 N–H and O–H groups in total. The molecule has 0 saturated heterocycles. The molecule has 0 amide bonds. The molecule has 0 radical (unpaired) electrons. The second kappa shape index (κ2) is 5.55. The lowest BCUT2D eigenvalue weighted by atomic mass is 10.0. The van der Waals surface area contributed by atoms with Crippen LogP contribution in [0.2, 0.25) is 5.02 Å². The summed E-state index contributed by atoms with van der Waals surface area (Å²) in [4.78, 5) is 19.6. The maximum absolute atomic E-state index is 11.8. The average molecular weight is 247 g/mol. The third-order valence-corrected chi connectivity index (χ3v) is 2.74. The third kappa shape index (κ3) is 3.36. The van der Waals surface area contributed by atoms with Gasteiger partial charge in [-0.3, -0.25) is 14.8 Å². The van der Waals surface area contributed by atoms with Crippen LogP contribution in [0.5, 0.6) is 0 Å². The first-order valence-corrected chi connectivity index (χ1v) is 5.62. The monoisotopic (exact) mass is 246 g/mol. The van der Waals surface area contributed by atoms with E-state index in [4.69, 9.17) is 11.6 Å². The van der Waals surface area contributed by atoms with Gasteiger partial charge < -0.3 is 0 Å². The number of rotatable bonds is 4. The van der Waals surface area contributed by atoms with Gasteiger partial charge in [-0.25, -0.2) is 0 Å². The van der Waals surface area contributed by atoms with Crippen molar-refractivity contribution in [1.29, 1.82) is 0 Å². The summed E-state index contributed by atoms with van der Waals surface area (Å²) in [6.45, 7) is 0. The number of Topliss-reactive ketones (excluding diaryl/α,β-unsaturated/α-hetero) is 1. The van der Waals surface area contributed by atoms with Crippen molar-refractivity contribution < 1.29 is 4.79 Å². The van der Waals surface area contributed by atoms with Gasteiger partial charge >= 0.3 is 0 Å². The zero-order valence-electron chi connectivity index (χ0n) is 9.14. The molecule has 0 aliphatic carbocycles. The minimum absolute atomic E-state index is 0.129. The van der Waals surface area contributed by atoms with Crippen LogP contribution in [0.15, 0.2) is 43.0 Å². The van der Waals surface area contributed by atoms with Crippen LogP contribution in [-0.2, 0) is 17.6 Å². The summed E-state index contributed by atoms with van der Waals surface area (Å²) >= 11 is 5.95. The molecule has 0 atom stereocenters. The predicted molar refractivity (Wildman–Crippen MR) is 65.9 cm³/mol. The molecular formula is C13H11ClN2O. The number of hydrogen-bond donors (Lipinski definition) is 0. The van der Waals surface area contributed by atoms with Crippen LogP contribution in [0, 0.1) is 0 Å². The molecule has 0 aromatic carbocycles. The Morgan fingerprint density at radius 2 is 1.76 bits per heavy atom. The van der Waals surface area contributed by atoms with Crippen molar-refractivity contribution >= 4 is 17.4 Å². The largest absolute Gasteiger partial charge is 0.299 e. The Morgan fingerprint density at radius 1 is 1.06 bits per heavy atom. The van der Waals surface area contributed by atoms with Crippen molar-refractivity contribution in [1.82, 2.24) is 9.97 Å². The Kier molecular flexibility index (Phi) is 3.83. The summed E-state index contributed by atoms with van der Waals surface area (Å²) < 4.78 is 0. The van der Waals surface area contributed by atoms with Gasteiger partial charge in [0.2, 0.25) is 0 Å². The predicted octanol–water partition coefficient (Wildman–Crippen LogP) is 2.48. The number of carbonyl (C=O) groups excluding carboxylic acids is 1. The molecular weight excluding hydrogens is 236 g/mol. The highest BCUT2D eigenvalue weighted by molar-refractivity contribution is 6.31. The Morgan fingerprint density at radius 3 is 2.47 bits per heavy atom. The van der Waals surface area contributed by atoms with E-state index in [9.17, 15) is 4.79 Å². The van der Waals surface area contributed by atoms with Crippen LogP contribution in [0.1, 0.15) is 11.1 Å². The number of carbonyl (C=O) groups is 1. The third-order valence-electron chi connectivity index (χ3n) is 2.39. The number of halogens is 1. The van der Waals surface area contributed by atoms with Gasteiger partial charge in [-0.1, -0.05) is 11.6 Å². The summed E-state index contributed by atoms with van der Waals surface area (Å²) in [7, 11) is 0. The first kappa shape index (κ1) is 11.7. The molecule has 0 aliphatic heterocycles. The maximum atomic E-state index is 11.8. The van der Waals surface area contributed by atoms with Crippen LogP contribution >= 0.6 is 11.6 Å².